The van der Waals surface area contributed by atoms with Gasteiger partial charge in [-0.2, -0.15) is 18.2 Å². The zero-order chi connectivity index (χ0) is 21.3. The lowest BCUT2D eigenvalue weighted by Crippen LogP contribution is -2.34. The van der Waals surface area contributed by atoms with E-state index in [1.54, 1.807) is 30.3 Å². The van der Waals surface area contributed by atoms with Crippen molar-refractivity contribution in [1.82, 2.24) is 19.5 Å². The smallest absolute Gasteiger partial charge is 0.350 e. The fourth-order valence-electron chi connectivity index (χ4n) is 2.94. The largest absolute Gasteiger partial charge is 0.416 e. The molecule has 0 aliphatic carbocycles. The van der Waals surface area contributed by atoms with Crippen LogP contribution in [-0.4, -0.2) is 19.5 Å². The van der Waals surface area contributed by atoms with Gasteiger partial charge in [0.15, 0.2) is 5.65 Å². The molecule has 0 saturated carbocycles. The predicted octanol–water partition coefficient (Wildman–Crippen LogP) is 3.10. The van der Waals surface area contributed by atoms with Crippen LogP contribution in [0.15, 0.2) is 70.4 Å². The second-order valence-corrected chi connectivity index (χ2v) is 6.41. The number of fused-ring (bicyclic) bond motifs is 1. The molecular formula is C20H14F3N5O2. The van der Waals surface area contributed by atoms with Crippen molar-refractivity contribution < 1.29 is 13.2 Å². The van der Waals surface area contributed by atoms with Crippen LogP contribution < -0.4 is 16.6 Å². The normalized spacial score (nSPS) is 11.6. The molecule has 2 N–H and O–H groups in total. The first-order valence-electron chi connectivity index (χ1n) is 8.80. The molecule has 0 fully saturated rings. The second kappa shape index (κ2) is 7.47. The number of nitrogens with zero attached hydrogens (tertiary/aromatic N) is 3. The molecule has 30 heavy (non-hydrogen) atoms. The average molecular weight is 413 g/mol. The lowest BCUT2D eigenvalue weighted by Gasteiger charge is -2.10. The molecule has 0 aliphatic rings. The molecule has 4 rings (SSSR count). The molecule has 0 saturated heterocycles. The number of rotatable bonds is 4. The Morgan fingerprint density at radius 1 is 1.03 bits per heavy atom. The van der Waals surface area contributed by atoms with E-state index in [4.69, 9.17) is 0 Å². The molecule has 0 atom stereocenters. The number of alkyl halides is 3. The minimum absolute atomic E-state index is 0.0266. The van der Waals surface area contributed by atoms with Crippen LogP contribution in [0.3, 0.4) is 0 Å². The maximum absolute atomic E-state index is 12.8. The summed E-state index contributed by atoms with van der Waals surface area (Å²) in [5.41, 5.74) is -1.20. The van der Waals surface area contributed by atoms with Gasteiger partial charge < -0.3 is 5.32 Å². The second-order valence-electron chi connectivity index (χ2n) is 6.41. The van der Waals surface area contributed by atoms with Crippen LogP contribution in [0.25, 0.3) is 16.7 Å². The highest BCUT2D eigenvalue weighted by Gasteiger charge is 2.30. The molecule has 2 aromatic heterocycles. The van der Waals surface area contributed by atoms with E-state index in [1.807, 2.05) is 0 Å². The van der Waals surface area contributed by atoms with Crippen LogP contribution >= 0.6 is 0 Å². The van der Waals surface area contributed by atoms with Gasteiger partial charge in [0, 0.05) is 12.7 Å². The van der Waals surface area contributed by atoms with E-state index in [0.29, 0.717) is 11.3 Å². The molecule has 0 spiro atoms. The van der Waals surface area contributed by atoms with Crippen molar-refractivity contribution in [3.05, 3.63) is 92.8 Å². The molecule has 0 amide bonds. The van der Waals surface area contributed by atoms with Crippen LogP contribution in [0.1, 0.15) is 11.1 Å². The maximum Gasteiger partial charge on any atom is 0.416 e. The van der Waals surface area contributed by atoms with Crippen molar-refractivity contribution in [3.63, 3.8) is 0 Å². The predicted molar refractivity (Wildman–Crippen MR) is 105 cm³/mol. The van der Waals surface area contributed by atoms with Crippen molar-refractivity contribution in [2.45, 2.75) is 12.7 Å². The van der Waals surface area contributed by atoms with Crippen LogP contribution in [0.5, 0.6) is 0 Å². The lowest BCUT2D eigenvalue weighted by atomic mass is 10.1. The van der Waals surface area contributed by atoms with E-state index in [1.165, 1.54) is 18.3 Å². The zero-order valence-electron chi connectivity index (χ0n) is 15.3. The van der Waals surface area contributed by atoms with Crippen molar-refractivity contribution in [3.8, 4) is 5.69 Å². The number of H-pyrrole nitrogens is 1. The van der Waals surface area contributed by atoms with Gasteiger partial charge in [0.05, 0.1) is 11.3 Å². The van der Waals surface area contributed by atoms with E-state index >= 15 is 0 Å². The monoisotopic (exact) mass is 413 g/mol. The number of benzene rings is 2. The summed E-state index contributed by atoms with van der Waals surface area (Å²) in [7, 11) is 0. The third kappa shape index (κ3) is 3.79. The summed E-state index contributed by atoms with van der Waals surface area (Å²) < 4.78 is 39.5. The summed E-state index contributed by atoms with van der Waals surface area (Å²) in [4.78, 5) is 35.8. The van der Waals surface area contributed by atoms with E-state index in [9.17, 15) is 22.8 Å². The minimum Gasteiger partial charge on any atom is -0.350 e. The molecule has 0 aliphatic heterocycles. The van der Waals surface area contributed by atoms with Gasteiger partial charge in [-0.1, -0.05) is 30.3 Å². The molecule has 0 bridgehead atoms. The quantitative estimate of drug-likeness (QED) is 0.536. The van der Waals surface area contributed by atoms with Gasteiger partial charge >= 0.3 is 11.9 Å². The Morgan fingerprint density at radius 3 is 2.53 bits per heavy atom. The maximum atomic E-state index is 12.8. The number of hydrogen-bond donors (Lipinski definition) is 2. The summed E-state index contributed by atoms with van der Waals surface area (Å²) in [5.74, 6) is 0.0624. The molecule has 152 valence electrons. The van der Waals surface area contributed by atoms with Gasteiger partial charge in [0.2, 0.25) is 5.95 Å². The third-order valence-corrected chi connectivity index (χ3v) is 4.37. The number of nitrogens with one attached hydrogen (secondary N) is 2. The summed E-state index contributed by atoms with van der Waals surface area (Å²) in [6.45, 7) is 0.0285. The Labute approximate surface area is 166 Å². The van der Waals surface area contributed by atoms with Gasteiger partial charge in [0.1, 0.15) is 5.39 Å². The molecule has 7 nitrogen and oxygen atoms in total. The lowest BCUT2D eigenvalue weighted by molar-refractivity contribution is -0.137. The van der Waals surface area contributed by atoms with Gasteiger partial charge in [0.25, 0.3) is 5.56 Å². The van der Waals surface area contributed by atoms with Crippen molar-refractivity contribution in [2.24, 2.45) is 0 Å². The molecule has 2 aromatic carbocycles. The van der Waals surface area contributed by atoms with Gasteiger partial charge in [-0.15, -0.1) is 0 Å². The number of hydrogen-bond acceptors (Lipinski definition) is 5. The minimum atomic E-state index is -4.44. The highest BCUT2D eigenvalue weighted by Crippen LogP contribution is 2.29. The van der Waals surface area contributed by atoms with Gasteiger partial charge in [-0.25, -0.2) is 14.3 Å². The third-order valence-electron chi connectivity index (χ3n) is 4.37. The average Bonchev–Trinajstić information content (AvgIpc) is 2.72. The Kier molecular flexibility index (Phi) is 4.82. The summed E-state index contributed by atoms with van der Waals surface area (Å²) >= 11 is 0. The van der Waals surface area contributed by atoms with Gasteiger partial charge in [-0.05, 0) is 29.8 Å². The SMILES string of the molecule is O=c1[nH]c2nc(NCc3cccc(C(F)(F)F)c3)ncc2c(=O)n1-c1ccccc1. The highest BCUT2D eigenvalue weighted by atomic mass is 19.4. The molecular weight excluding hydrogens is 399 g/mol. The molecule has 0 radical (unpaired) electrons. The summed E-state index contributed by atoms with van der Waals surface area (Å²) in [6.07, 6.45) is -3.18. The Hall–Kier alpha value is -3.95. The Balaban J connectivity index is 1.64. The van der Waals surface area contributed by atoms with Crippen molar-refractivity contribution in [1.29, 1.82) is 0 Å². The fraction of sp³-hybridized carbons (Fsp3) is 0.100. The van der Waals surface area contributed by atoms with E-state index < -0.39 is 23.0 Å². The number of halogens is 3. The number of aromatic nitrogens is 4. The molecule has 10 heteroatoms. The molecule has 0 unspecified atom stereocenters. The first-order chi connectivity index (χ1) is 14.3. The van der Waals surface area contributed by atoms with E-state index in [-0.39, 0.29) is 23.5 Å². The number of anilines is 1. The fourth-order valence-corrected chi connectivity index (χ4v) is 2.94. The van der Waals surface area contributed by atoms with Crippen LogP contribution in [0, 0.1) is 0 Å². The first-order valence-corrected chi connectivity index (χ1v) is 8.80. The first kappa shape index (κ1) is 19.4. The summed E-state index contributed by atoms with van der Waals surface area (Å²) in [5, 5.41) is 2.90. The highest BCUT2D eigenvalue weighted by molar-refractivity contribution is 5.73. The molecule has 2 heterocycles. The van der Waals surface area contributed by atoms with E-state index in [0.717, 1.165) is 16.7 Å². The Bertz CT molecular complexity index is 1330. The summed E-state index contributed by atoms with van der Waals surface area (Å²) in [6, 6.07) is 13.2. The van der Waals surface area contributed by atoms with Crippen molar-refractivity contribution >= 4 is 17.0 Å². The number of para-hydroxylation sites is 1. The van der Waals surface area contributed by atoms with Crippen LogP contribution in [-0.2, 0) is 12.7 Å². The molecule has 4 aromatic rings. The Morgan fingerprint density at radius 2 is 1.80 bits per heavy atom. The zero-order valence-corrected chi connectivity index (χ0v) is 15.3. The topological polar surface area (TPSA) is 92.7 Å². The van der Waals surface area contributed by atoms with E-state index in [2.05, 4.69) is 20.3 Å². The standard InChI is InChI=1S/C20H14F3N5O2/c21-20(22,23)13-6-4-5-12(9-13)10-24-18-25-11-15-16(26-18)27-19(30)28(17(15)29)14-7-2-1-3-8-14/h1-9,11H,10H2,(H2,24,25,26,27,30). The van der Waals surface area contributed by atoms with Crippen LogP contribution in [0.2, 0.25) is 0 Å². The van der Waals surface area contributed by atoms with Crippen LogP contribution in [0.4, 0.5) is 19.1 Å². The van der Waals surface area contributed by atoms with Gasteiger partial charge in [-0.3, -0.25) is 9.78 Å². The van der Waals surface area contributed by atoms with Crippen molar-refractivity contribution in [2.75, 3.05) is 5.32 Å². The number of aromatic amines is 1.